The lowest BCUT2D eigenvalue weighted by molar-refractivity contribution is -0.117. The Labute approximate surface area is 143 Å². The van der Waals surface area contributed by atoms with Crippen LogP contribution in [0.5, 0.6) is 0 Å². The van der Waals surface area contributed by atoms with E-state index >= 15 is 0 Å². The SMILES string of the molecule is Cc1ccc(CN(C)CC(=O)Nc2ccc(N3CCCC3)cc2)o1. The van der Waals surface area contributed by atoms with E-state index in [1.807, 2.05) is 43.1 Å². The number of aryl methyl sites for hydroxylation is 1. The maximum absolute atomic E-state index is 12.2. The average molecular weight is 327 g/mol. The molecule has 0 atom stereocenters. The van der Waals surface area contributed by atoms with Gasteiger partial charge >= 0.3 is 0 Å². The van der Waals surface area contributed by atoms with Gasteiger partial charge in [-0.2, -0.15) is 0 Å². The summed E-state index contributed by atoms with van der Waals surface area (Å²) in [6, 6.07) is 12.0. The van der Waals surface area contributed by atoms with Gasteiger partial charge < -0.3 is 14.6 Å². The second-order valence-corrected chi connectivity index (χ2v) is 6.47. The van der Waals surface area contributed by atoms with Gasteiger partial charge in [-0.25, -0.2) is 0 Å². The van der Waals surface area contributed by atoms with E-state index in [-0.39, 0.29) is 5.91 Å². The molecule has 1 aliphatic rings. The number of amides is 1. The summed E-state index contributed by atoms with van der Waals surface area (Å²) in [6.07, 6.45) is 2.53. The quantitative estimate of drug-likeness (QED) is 0.885. The number of hydrogen-bond donors (Lipinski definition) is 1. The smallest absolute Gasteiger partial charge is 0.238 e. The van der Waals surface area contributed by atoms with Gasteiger partial charge in [0, 0.05) is 24.5 Å². The highest BCUT2D eigenvalue weighted by molar-refractivity contribution is 5.92. The maximum atomic E-state index is 12.2. The van der Waals surface area contributed by atoms with Crippen molar-refractivity contribution in [1.82, 2.24) is 4.90 Å². The molecule has 2 aromatic rings. The summed E-state index contributed by atoms with van der Waals surface area (Å²) in [4.78, 5) is 16.5. The Morgan fingerprint density at radius 3 is 2.50 bits per heavy atom. The van der Waals surface area contributed by atoms with Crippen molar-refractivity contribution >= 4 is 17.3 Å². The molecule has 1 aromatic carbocycles. The molecule has 1 fully saturated rings. The molecular weight excluding hydrogens is 302 g/mol. The lowest BCUT2D eigenvalue weighted by Crippen LogP contribution is -2.29. The molecule has 128 valence electrons. The molecule has 1 aromatic heterocycles. The standard InChI is InChI=1S/C19H25N3O2/c1-15-5-10-18(24-15)13-21(2)14-19(23)20-16-6-8-17(9-7-16)22-11-3-4-12-22/h5-10H,3-4,11-14H2,1-2H3,(H,20,23). The summed E-state index contributed by atoms with van der Waals surface area (Å²) in [5.41, 5.74) is 2.07. The second kappa shape index (κ2) is 7.53. The van der Waals surface area contributed by atoms with Crippen molar-refractivity contribution in [1.29, 1.82) is 0 Å². The van der Waals surface area contributed by atoms with Gasteiger partial charge in [0.2, 0.25) is 5.91 Å². The zero-order valence-electron chi connectivity index (χ0n) is 14.4. The minimum atomic E-state index is -0.0188. The highest BCUT2D eigenvalue weighted by Crippen LogP contribution is 2.22. The summed E-state index contributed by atoms with van der Waals surface area (Å²) in [5, 5.41) is 2.95. The van der Waals surface area contributed by atoms with Crippen LogP contribution in [0.25, 0.3) is 0 Å². The Morgan fingerprint density at radius 1 is 1.17 bits per heavy atom. The number of likely N-dealkylation sites (N-methyl/N-ethyl adjacent to an activating group) is 1. The van der Waals surface area contributed by atoms with Crippen molar-refractivity contribution in [2.45, 2.75) is 26.3 Å². The highest BCUT2D eigenvalue weighted by atomic mass is 16.3. The van der Waals surface area contributed by atoms with Crippen LogP contribution in [0.4, 0.5) is 11.4 Å². The van der Waals surface area contributed by atoms with E-state index in [0.717, 1.165) is 30.3 Å². The number of carbonyl (C=O) groups excluding carboxylic acids is 1. The van der Waals surface area contributed by atoms with Gasteiger partial charge in [0.25, 0.3) is 0 Å². The summed E-state index contributed by atoms with van der Waals surface area (Å²) >= 11 is 0. The Balaban J connectivity index is 1.48. The number of furan rings is 1. The fourth-order valence-electron chi connectivity index (χ4n) is 3.07. The second-order valence-electron chi connectivity index (χ2n) is 6.47. The van der Waals surface area contributed by atoms with Crippen LogP contribution in [0.2, 0.25) is 0 Å². The van der Waals surface area contributed by atoms with Gasteiger partial charge in [0.05, 0.1) is 13.1 Å². The molecular formula is C19H25N3O2. The fourth-order valence-corrected chi connectivity index (χ4v) is 3.07. The lowest BCUT2D eigenvalue weighted by Gasteiger charge is -2.18. The van der Waals surface area contributed by atoms with Crippen LogP contribution < -0.4 is 10.2 Å². The molecule has 0 bridgehead atoms. The molecule has 1 amide bonds. The maximum Gasteiger partial charge on any atom is 0.238 e. The first-order valence-electron chi connectivity index (χ1n) is 8.49. The normalized spacial score (nSPS) is 14.4. The van der Waals surface area contributed by atoms with Crippen LogP contribution in [0, 0.1) is 6.92 Å². The van der Waals surface area contributed by atoms with Crippen LogP contribution in [0.3, 0.4) is 0 Å². The number of carbonyl (C=O) groups is 1. The number of nitrogens with one attached hydrogen (secondary N) is 1. The summed E-state index contributed by atoms with van der Waals surface area (Å²) in [5.74, 6) is 1.74. The average Bonchev–Trinajstić information content (AvgIpc) is 3.20. The zero-order valence-corrected chi connectivity index (χ0v) is 14.4. The third kappa shape index (κ3) is 4.38. The van der Waals surface area contributed by atoms with Gasteiger partial charge in [-0.1, -0.05) is 0 Å². The fraction of sp³-hybridized carbons (Fsp3) is 0.421. The van der Waals surface area contributed by atoms with E-state index in [0.29, 0.717) is 13.1 Å². The molecule has 0 saturated carbocycles. The van der Waals surface area contributed by atoms with Crippen molar-refractivity contribution in [2.24, 2.45) is 0 Å². The van der Waals surface area contributed by atoms with Gasteiger partial charge in [0.15, 0.2) is 0 Å². The summed E-state index contributed by atoms with van der Waals surface area (Å²) in [7, 11) is 1.91. The molecule has 24 heavy (non-hydrogen) atoms. The minimum absolute atomic E-state index is 0.0188. The Bertz CT molecular complexity index is 672. The monoisotopic (exact) mass is 327 g/mol. The molecule has 0 unspecified atom stereocenters. The van der Waals surface area contributed by atoms with E-state index < -0.39 is 0 Å². The highest BCUT2D eigenvalue weighted by Gasteiger charge is 2.13. The molecule has 2 heterocycles. The van der Waals surface area contributed by atoms with E-state index in [1.54, 1.807) is 0 Å². The molecule has 0 spiro atoms. The molecule has 0 radical (unpaired) electrons. The van der Waals surface area contributed by atoms with Crippen molar-refractivity contribution < 1.29 is 9.21 Å². The predicted octanol–water partition coefficient (Wildman–Crippen LogP) is 3.26. The summed E-state index contributed by atoms with van der Waals surface area (Å²) < 4.78 is 5.54. The number of hydrogen-bond acceptors (Lipinski definition) is 4. The number of benzene rings is 1. The largest absolute Gasteiger partial charge is 0.465 e. The zero-order chi connectivity index (χ0) is 16.9. The molecule has 5 heteroatoms. The molecule has 1 saturated heterocycles. The summed E-state index contributed by atoms with van der Waals surface area (Å²) in [6.45, 7) is 5.12. The van der Waals surface area contributed by atoms with Gasteiger partial charge in [0.1, 0.15) is 11.5 Å². The third-order valence-corrected chi connectivity index (χ3v) is 4.26. The minimum Gasteiger partial charge on any atom is -0.465 e. The van der Waals surface area contributed by atoms with Crippen molar-refractivity contribution in [2.75, 3.05) is 36.9 Å². The van der Waals surface area contributed by atoms with Crippen molar-refractivity contribution in [3.8, 4) is 0 Å². The Kier molecular flexibility index (Phi) is 5.20. The molecule has 5 nitrogen and oxygen atoms in total. The van der Waals surface area contributed by atoms with E-state index in [4.69, 9.17) is 4.42 Å². The molecule has 1 N–H and O–H groups in total. The first kappa shape index (κ1) is 16.6. The van der Waals surface area contributed by atoms with Crippen molar-refractivity contribution in [3.05, 3.63) is 47.9 Å². The van der Waals surface area contributed by atoms with Gasteiger partial charge in [-0.05, 0) is 63.2 Å². The first-order chi connectivity index (χ1) is 11.6. The van der Waals surface area contributed by atoms with Crippen LogP contribution in [-0.2, 0) is 11.3 Å². The van der Waals surface area contributed by atoms with E-state index in [9.17, 15) is 4.79 Å². The van der Waals surface area contributed by atoms with Gasteiger partial charge in [-0.3, -0.25) is 9.69 Å². The predicted molar refractivity (Wildman–Crippen MR) is 96.3 cm³/mol. The lowest BCUT2D eigenvalue weighted by atomic mass is 10.2. The van der Waals surface area contributed by atoms with Crippen molar-refractivity contribution in [3.63, 3.8) is 0 Å². The molecule has 1 aliphatic heterocycles. The molecule has 3 rings (SSSR count). The van der Waals surface area contributed by atoms with Crippen LogP contribution in [0.15, 0.2) is 40.8 Å². The Hall–Kier alpha value is -2.27. The number of anilines is 2. The van der Waals surface area contributed by atoms with Crippen LogP contribution in [0.1, 0.15) is 24.4 Å². The van der Waals surface area contributed by atoms with Crippen LogP contribution >= 0.6 is 0 Å². The van der Waals surface area contributed by atoms with E-state index in [1.165, 1.54) is 18.5 Å². The van der Waals surface area contributed by atoms with Crippen LogP contribution in [-0.4, -0.2) is 37.5 Å². The number of rotatable bonds is 6. The Morgan fingerprint density at radius 2 is 1.88 bits per heavy atom. The first-order valence-corrected chi connectivity index (χ1v) is 8.49. The number of nitrogens with zero attached hydrogens (tertiary/aromatic N) is 2. The third-order valence-electron chi connectivity index (χ3n) is 4.26. The van der Waals surface area contributed by atoms with E-state index in [2.05, 4.69) is 22.3 Å². The topological polar surface area (TPSA) is 48.7 Å². The van der Waals surface area contributed by atoms with Gasteiger partial charge in [-0.15, -0.1) is 0 Å². The molecule has 0 aliphatic carbocycles.